The van der Waals surface area contributed by atoms with Crippen LogP contribution >= 0.6 is 0 Å². The summed E-state index contributed by atoms with van der Waals surface area (Å²) in [6.07, 6.45) is 3.60. The van der Waals surface area contributed by atoms with Gasteiger partial charge in [0.15, 0.2) is 0 Å². The Morgan fingerprint density at radius 2 is 2.00 bits per heavy atom. The van der Waals surface area contributed by atoms with E-state index in [2.05, 4.69) is 11.8 Å². The highest BCUT2D eigenvalue weighted by molar-refractivity contribution is 5.08. The van der Waals surface area contributed by atoms with Crippen LogP contribution in [-0.2, 0) is 4.74 Å². The van der Waals surface area contributed by atoms with Gasteiger partial charge in [-0.1, -0.05) is 6.92 Å². The van der Waals surface area contributed by atoms with E-state index in [0.717, 1.165) is 26.3 Å². The Labute approximate surface area is 80.2 Å². The van der Waals surface area contributed by atoms with Crippen LogP contribution in [0.4, 0.5) is 0 Å². The summed E-state index contributed by atoms with van der Waals surface area (Å²) in [6, 6.07) is 0.594. The highest BCUT2D eigenvalue weighted by Crippen LogP contribution is 2.39. The summed E-state index contributed by atoms with van der Waals surface area (Å²) in [6.45, 7) is 6.14. The predicted octanol–water partition coefficient (Wildman–Crippen LogP) is 0.588. The summed E-state index contributed by atoms with van der Waals surface area (Å²) in [5.74, 6) is 0. The minimum absolute atomic E-state index is 0.145. The molecule has 1 heterocycles. The second kappa shape index (κ2) is 3.56. The normalized spacial score (nSPS) is 30.0. The van der Waals surface area contributed by atoms with Crippen LogP contribution in [0.3, 0.4) is 0 Å². The average molecular weight is 184 g/mol. The first-order valence-electron chi connectivity index (χ1n) is 5.37. The van der Waals surface area contributed by atoms with Gasteiger partial charge in [-0.05, 0) is 19.3 Å². The van der Waals surface area contributed by atoms with Crippen LogP contribution in [0.5, 0.6) is 0 Å². The summed E-state index contributed by atoms with van der Waals surface area (Å²) < 4.78 is 5.34. The molecule has 2 aliphatic rings. The summed E-state index contributed by atoms with van der Waals surface area (Å²) in [4.78, 5) is 2.51. The van der Waals surface area contributed by atoms with Crippen molar-refractivity contribution in [3.63, 3.8) is 0 Å². The molecule has 0 aromatic heterocycles. The lowest BCUT2D eigenvalue weighted by atomic mass is 10.0. The molecule has 2 rings (SSSR count). The minimum Gasteiger partial charge on any atom is -0.379 e. The first-order valence-corrected chi connectivity index (χ1v) is 5.37. The average Bonchev–Trinajstić information content (AvgIpc) is 2.87. The molecule has 2 N–H and O–H groups in total. The standard InChI is InChI=1S/C10H20N2O/c1-2-9(10(11)3-4-10)12-5-7-13-8-6-12/h9H,2-8,11H2,1H3. The van der Waals surface area contributed by atoms with Crippen LogP contribution in [0, 0.1) is 0 Å². The van der Waals surface area contributed by atoms with E-state index >= 15 is 0 Å². The number of hydrogen-bond acceptors (Lipinski definition) is 3. The van der Waals surface area contributed by atoms with Crippen LogP contribution < -0.4 is 5.73 Å². The van der Waals surface area contributed by atoms with Gasteiger partial charge in [0.25, 0.3) is 0 Å². The molecule has 1 unspecified atom stereocenters. The summed E-state index contributed by atoms with van der Waals surface area (Å²) in [5, 5.41) is 0. The molecule has 0 radical (unpaired) electrons. The highest BCUT2D eigenvalue weighted by atomic mass is 16.5. The van der Waals surface area contributed by atoms with Crippen LogP contribution in [0.25, 0.3) is 0 Å². The van der Waals surface area contributed by atoms with Crippen molar-refractivity contribution in [1.29, 1.82) is 0 Å². The first kappa shape index (κ1) is 9.44. The molecule has 3 nitrogen and oxygen atoms in total. The highest BCUT2D eigenvalue weighted by Gasteiger charge is 2.47. The number of ether oxygens (including phenoxy) is 1. The smallest absolute Gasteiger partial charge is 0.0594 e. The zero-order valence-corrected chi connectivity index (χ0v) is 8.46. The van der Waals surface area contributed by atoms with Crippen molar-refractivity contribution in [1.82, 2.24) is 4.90 Å². The third-order valence-electron chi connectivity index (χ3n) is 3.36. The maximum atomic E-state index is 6.25. The number of morpholine rings is 1. The van der Waals surface area contributed by atoms with Gasteiger partial charge in [-0.15, -0.1) is 0 Å². The zero-order valence-electron chi connectivity index (χ0n) is 8.46. The minimum atomic E-state index is 0.145. The van der Waals surface area contributed by atoms with E-state index in [1.54, 1.807) is 0 Å². The van der Waals surface area contributed by atoms with Gasteiger partial charge in [-0.3, -0.25) is 4.90 Å². The van der Waals surface area contributed by atoms with Crippen molar-refractivity contribution in [2.45, 2.75) is 37.8 Å². The Bertz CT molecular complexity index is 174. The van der Waals surface area contributed by atoms with Gasteiger partial charge >= 0.3 is 0 Å². The maximum absolute atomic E-state index is 6.25. The monoisotopic (exact) mass is 184 g/mol. The molecular formula is C10H20N2O. The number of hydrogen-bond donors (Lipinski definition) is 1. The van der Waals surface area contributed by atoms with Crippen molar-refractivity contribution in [2.75, 3.05) is 26.3 Å². The van der Waals surface area contributed by atoms with Crippen LogP contribution in [0.2, 0.25) is 0 Å². The Balaban J connectivity index is 1.94. The SMILES string of the molecule is CCC(N1CCOCC1)C1(N)CC1. The van der Waals surface area contributed by atoms with Crippen molar-refractivity contribution in [3.05, 3.63) is 0 Å². The lowest BCUT2D eigenvalue weighted by Gasteiger charge is -2.37. The largest absolute Gasteiger partial charge is 0.379 e. The fourth-order valence-electron chi connectivity index (χ4n) is 2.40. The second-order valence-electron chi connectivity index (χ2n) is 4.31. The van der Waals surface area contributed by atoms with Gasteiger partial charge < -0.3 is 10.5 Å². The van der Waals surface area contributed by atoms with Gasteiger partial charge in [-0.2, -0.15) is 0 Å². The van der Waals surface area contributed by atoms with Crippen molar-refractivity contribution < 1.29 is 4.74 Å². The molecule has 0 bridgehead atoms. The van der Waals surface area contributed by atoms with E-state index in [1.165, 1.54) is 19.3 Å². The third kappa shape index (κ3) is 1.87. The van der Waals surface area contributed by atoms with Gasteiger partial charge in [-0.25, -0.2) is 0 Å². The first-order chi connectivity index (χ1) is 6.26. The van der Waals surface area contributed by atoms with Crippen LogP contribution in [0.1, 0.15) is 26.2 Å². The van der Waals surface area contributed by atoms with Gasteiger partial charge in [0.1, 0.15) is 0 Å². The maximum Gasteiger partial charge on any atom is 0.0594 e. The number of nitrogens with two attached hydrogens (primary N) is 1. The molecule has 0 aromatic carbocycles. The Kier molecular flexibility index (Phi) is 2.58. The van der Waals surface area contributed by atoms with E-state index in [4.69, 9.17) is 10.5 Å². The van der Waals surface area contributed by atoms with Crippen LogP contribution in [0.15, 0.2) is 0 Å². The molecule has 0 spiro atoms. The van der Waals surface area contributed by atoms with Crippen molar-refractivity contribution in [2.24, 2.45) is 5.73 Å². The molecule has 1 aliphatic heterocycles. The number of rotatable bonds is 3. The molecular weight excluding hydrogens is 164 g/mol. The summed E-state index contributed by atoms with van der Waals surface area (Å²) in [5.41, 5.74) is 6.39. The van der Waals surface area contributed by atoms with E-state index < -0.39 is 0 Å². The Morgan fingerprint density at radius 1 is 1.38 bits per heavy atom. The molecule has 2 fully saturated rings. The zero-order chi connectivity index (χ0) is 9.31. The molecule has 0 aromatic rings. The fraction of sp³-hybridized carbons (Fsp3) is 1.00. The summed E-state index contributed by atoms with van der Waals surface area (Å²) in [7, 11) is 0. The van der Waals surface area contributed by atoms with Gasteiger partial charge in [0.05, 0.1) is 13.2 Å². The quantitative estimate of drug-likeness (QED) is 0.697. The van der Waals surface area contributed by atoms with E-state index in [-0.39, 0.29) is 5.54 Å². The fourth-order valence-corrected chi connectivity index (χ4v) is 2.40. The van der Waals surface area contributed by atoms with Crippen molar-refractivity contribution in [3.8, 4) is 0 Å². The molecule has 1 saturated heterocycles. The topological polar surface area (TPSA) is 38.5 Å². The molecule has 1 atom stereocenters. The second-order valence-corrected chi connectivity index (χ2v) is 4.31. The molecule has 3 heteroatoms. The predicted molar refractivity (Wildman–Crippen MR) is 52.6 cm³/mol. The lowest BCUT2D eigenvalue weighted by Crippen LogP contribution is -2.53. The Morgan fingerprint density at radius 3 is 2.46 bits per heavy atom. The summed E-state index contributed by atoms with van der Waals surface area (Å²) >= 11 is 0. The molecule has 0 amide bonds. The number of nitrogens with zero attached hydrogens (tertiary/aromatic N) is 1. The molecule has 1 aliphatic carbocycles. The van der Waals surface area contributed by atoms with Crippen LogP contribution in [-0.4, -0.2) is 42.8 Å². The molecule has 76 valence electrons. The Hall–Kier alpha value is -0.120. The molecule has 13 heavy (non-hydrogen) atoms. The van der Waals surface area contributed by atoms with E-state index in [9.17, 15) is 0 Å². The van der Waals surface area contributed by atoms with Gasteiger partial charge in [0, 0.05) is 24.7 Å². The van der Waals surface area contributed by atoms with E-state index in [1.807, 2.05) is 0 Å². The molecule has 1 saturated carbocycles. The van der Waals surface area contributed by atoms with Crippen molar-refractivity contribution >= 4 is 0 Å². The van der Waals surface area contributed by atoms with Gasteiger partial charge in [0.2, 0.25) is 0 Å². The van der Waals surface area contributed by atoms with E-state index in [0.29, 0.717) is 6.04 Å². The third-order valence-corrected chi connectivity index (χ3v) is 3.36. The lowest BCUT2D eigenvalue weighted by molar-refractivity contribution is 0.00768.